The smallest absolute Gasteiger partial charge is 0.234 e. The first-order chi connectivity index (χ1) is 21.3. The van der Waals surface area contributed by atoms with Crippen molar-refractivity contribution in [2.24, 2.45) is 11.0 Å². The lowest BCUT2D eigenvalue weighted by molar-refractivity contribution is 0.315. The molecule has 0 bridgehead atoms. The molecule has 1 aliphatic heterocycles. The van der Waals surface area contributed by atoms with Gasteiger partial charge in [-0.1, -0.05) is 131 Å². The van der Waals surface area contributed by atoms with Crippen LogP contribution in [0, 0.1) is 5.92 Å². The Morgan fingerprint density at radius 2 is 1.27 bits per heavy atom. The van der Waals surface area contributed by atoms with Crippen molar-refractivity contribution in [2.45, 2.75) is 25.3 Å². The van der Waals surface area contributed by atoms with Crippen LogP contribution in [0.3, 0.4) is 0 Å². The van der Waals surface area contributed by atoms with Gasteiger partial charge in [-0.05, 0) is 77.4 Å². The Hall–Kier alpha value is -3.04. The summed E-state index contributed by atoms with van der Waals surface area (Å²) >= 11 is 26.3. The van der Waals surface area contributed by atoms with Crippen LogP contribution in [0.25, 0.3) is 16.1 Å². The van der Waals surface area contributed by atoms with Crippen molar-refractivity contribution < 1.29 is 4.57 Å². The van der Waals surface area contributed by atoms with Crippen molar-refractivity contribution >= 4 is 75.5 Å². The second-order valence-corrected chi connectivity index (χ2v) is 14.8. The predicted molar refractivity (Wildman–Crippen MR) is 188 cm³/mol. The standard InChI is InChI=1S/C36H29Cl4N2OP/c37-30-18-14-25(15-19-30)22-29-12-7-13-32-35(29)41-42(36(32)28-16-20-31(38)21-17-28)44(43,23-33(39)26-8-3-1-4-9-26)24-34(40)27-10-5-2-6-11-27/h1-6,8-11,14-24,32,36H,7,12-13H2/b29-22+,33-23-,34-24+/t32-,36-,44?/m0/s1. The molecule has 0 saturated heterocycles. The fourth-order valence-corrected chi connectivity index (χ4v) is 9.34. The maximum atomic E-state index is 15.5. The molecule has 0 N–H and O–H groups in total. The number of hydrogen-bond donors (Lipinski definition) is 0. The quantitative estimate of drug-likeness (QED) is 0.182. The van der Waals surface area contributed by atoms with Crippen molar-refractivity contribution in [2.75, 3.05) is 0 Å². The maximum Gasteiger partial charge on any atom is 0.234 e. The van der Waals surface area contributed by atoms with E-state index in [1.807, 2.05) is 109 Å². The van der Waals surface area contributed by atoms with Gasteiger partial charge in [-0.2, -0.15) is 5.10 Å². The van der Waals surface area contributed by atoms with Gasteiger partial charge < -0.3 is 0 Å². The monoisotopic (exact) mass is 676 g/mol. The number of nitrogens with zero attached hydrogens (tertiary/aromatic N) is 2. The zero-order valence-corrected chi connectivity index (χ0v) is 27.6. The van der Waals surface area contributed by atoms with E-state index in [-0.39, 0.29) is 12.0 Å². The molecule has 0 aromatic heterocycles. The Kier molecular flexibility index (Phi) is 9.52. The Bertz CT molecular complexity index is 1740. The van der Waals surface area contributed by atoms with Crippen molar-refractivity contribution in [1.82, 2.24) is 4.78 Å². The van der Waals surface area contributed by atoms with Gasteiger partial charge in [0.15, 0.2) is 0 Å². The fraction of sp³-hybridized carbons (Fsp3) is 0.139. The molecule has 2 aliphatic rings. The number of fused-ring (bicyclic) bond motifs is 1. The largest absolute Gasteiger partial charge is 0.290 e. The van der Waals surface area contributed by atoms with Crippen LogP contribution in [0.5, 0.6) is 0 Å². The third kappa shape index (κ3) is 6.79. The summed E-state index contributed by atoms with van der Waals surface area (Å²) in [6.45, 7) is 0. The summed E-state index contributed by atoms with van der Waals surface area (Å²) in [6, 6.07) is 34.2. The molecule has 4 aromatic carbocycles. The summed E-state index contributed by atoms with van der Waals surface area (Å²) in [5.41, 5.74) is 5.58. The van der Waals surface area contributed by atoms with E-state index in [1.165, 1.54) is 0 Å². The summed E-state index contributed by atoms with van der Waals surface area (Å²) < 4.78 is 17.3. The first-order valence-electron chi connectivity index (χ1n) is 14.4. The Balaban J connectivity index is 1.54. The number of allylic oxidation sites excluding steroid dienone is 1. The molecule has 0 amide bonds. The molecule has 1 fully saturated rings. The predicted octanol–water partition coefficient (Wildman–Crippen LogP) is 12.3. The van der Waals surface area contributed by atoms with Crippen LogP contribution in [0.4, 0.5) is 0 Å². The summed E-state index contributed by atoms with van der Waals surface area (Å²) in [4.78, 5) is 0. The van der Waals surface area contributed by atoms with Gasteiger partial charge in [0.05, 0.1) is 21.8 Å². The average Bonchev–Trinajstić information content (AvgIpc) is 3.45. The summed E-state index contributed by atoms with van der Waals surface area (Å²) in [7, 11) is -3.65. The first kappa shape index (κ1) is 31.0. The molecule has 1 saturated carbocycles. The number of rotatable bonds is 7. The minimum atomic E-state index is -3.65. The highest BCUT2D eigenvalue weighted by Crippen LogP contribution is 2.64. The van der Waals surface area contributed by atoms with E-state index in [2.05, 4.69) is 6.08 Å². The van der Waals surface area contributed by atoms with Crippen molar-refractivity contribution in [3.63, 3.8) is 0 Å². The first-order valence-corrected chi connectivity index (χ1v) is 17.7. The molecule has 6 rings (SSSR count). The van der Waals surface area contributed by atoms with Gasteiger partial charge in [-0.3, -0.25) is 4.57 Å². The van der Waals surface area contributed by atoms with Gasteiger partial charge in [-0.15, -0.1) is 0 Å². The van der Waals surface area contributed by atoms with Crippen LogP contribution in [-0.4, -0.2) is 10.5 Å². The average molecular weight is 678 g/mol. The highest BCUT2D eigenvalue weighted by atomic mass is 35.5. The van der Waals surface area contributed by atoms with E-state index in [9.17, 15) is 0 Å². The van der Waals surface area contributed by atoms with Crippen LogP contribution in [0.2, 0.25) is 10.0 Å². The van der Waals surface area contributed by atoms with Crippen LogP contribution in [0.15, 0.2) is 132 Å². The third-order valence-corrected chi connectivity index (χ3v) is 11.6. The molecule has 1 heterocycles. The number of benzene rings is 4. The number of hydrazone groups is 1. The topological polar surface area (TPSA) is 32.7 Å². The lowest BCUT2D eigenvalue weighted by Crippen LogP contribution is -2.26. The molecule has 3 nitrogen and oxygen atoms in total. The molecule has 8 heteroatoms. The van der Waals surface area contributed by atoms with E-state index in [1.54, 1.807) is 16.4 Å². The summed E-state index contributed by atoms with van der Waals surface area (Å²) in [6.07, 6.45) is 4.90. The molecule has 222 valence electrons. The molecular weight excluding hydrogens is 649 g/mol. The van der Waals surface area contributed by atoms with Gasteiger partial charge in [0.2, 0.25) is 7.29 Å². The van der Waals surface area contributed by atoms with E-state index >= 15 is 4.57 Å². The highest BCUT2D eigenvalue weighted by Gasteiger charge is 2.47. The number of halogens is 4. The van der Waals surface area contributed by atoms with Gasteiger partial charge in [0.1, 0.15) is 0 Å². The summed E-state index contributed by atoms with van der Waals surface area (Å²) in [5.74, 6) is 3.26. The van der Waals surface area contributed by atoms with Gasteiger partial charge in [0.25, 0.3) is 0 Å². The molecule has 44 heavy (non-hydrogen) atoms. The maximum absolute atomic E-state index is 15.5. The Morgan fingerprint density at radius 1 is 0.750 bits per heavy atom. The summed E-state index contributed by atoms with van der Waals surface area (Å²) in [5, 5.41) is 7.25. The molecular formula is C36H29Cl4N2OP. The molecule has 0 radical (unpaired) electrons. The molecule has 4 aromatic rings. The van der Waals surface area contributed by atoms with Crippen LogP contribution < -0.4 is 0 Å². The van der Waals surface area contributed by atoms with Crippen molar-refractivity contribution in [3.05, 3.63) is 159 Å². The SMILES string of the molecule is O=P(/C=C(\Cl)c1ccccc1)(/C=C(/Cl)c1ccccc1)N1N=C2/C(=C/c3ccc(Cl)cc3)CCC[C@@H]2[C@@H]1c1ccc(Cl)cc1. The molecule has 0 spiro atoms. The van der Waals surface area contributed by atoms with Crippen LogP contribution in [0.1, 0.15) is 47.6 Å². The Labute approximate surface area is 278 Å². The van der Waals surface area contributed by atoms with Gasteiger partial charge >= 0.3 is 0 Å². The van der Waals surface area contributed by atoms with Crippen LogP contribution >= 0.6 is 53.7 Å². The number of hydrogen-bond acceptors (Lipinski definition) is 2. The van der Waals surface area contributed by atoms with E-state index in [0.29, 0.717) is 20.1 Å². The highest BCUT2D eigenvalue weighted by molar-refractivity contribution is 7.68. The zero-order chi connectivity index (χ0) is 30.7. The van der Waals surface area contributed by atoms with Crippen LogP contribution in [-0.2, 0) is 4.57 Å². The fourth-order valence-electron chi connectivity index (χ4n) is 5.82. The van der Waals surface area contributed by atoms with Crippen molar-refractivity contribution in [1.29, 1.82) is 0 Å². The van der Waals surface area contributed by atoms with Crippen molar-refractivity contribution in [3.8, 4) is 0 Å². The lowest BCUT2D eigenvalue weighted by Gasteiger charge is -2.33. The van der Waals surface area contributed by atoms with E-state index < -0.39 is 7.29 Å². The molecule has 1 aliphatic carbocycles. The minimum Gasteiger partial charge on any atom is -0.290 e. The van der Waals surface area contributed by atoms with E-state index in [0.717, 1.165) is 52.8 Å². The minimum absolute atomic E-state index is 0.00426. The second kappa shape index (κ2) is 13.5. The third-order valence-electron chi connectivity index (χ3n) is 7.92. The van der Waals surface area contributed by atoms with Gasteiger partial charge in [-0.25, -0.2) is 4.78 Å². The lowest BCUT2D eigenvalue weighted by atomic mass is 9.78. The molecule has 3 atom stereocenters. The van der Waals surface area contributed by atoms with E-state index in [4.69, 9.17) is 51.5 Å². The van der Waals surface area contributed by atoms with Gasteiger partial charge in [0, 0.05) is 27.6 Å². The Morgan fingerprint density at radius 3 is 1.82 bits per heavy atom. The second-order valence-electron chi connectivity index (χ2n) is 10.9. The molecule has 1 unspecified atom stereocenters. The normalized spacial score (nSPS) is 21.1. The zero-order valence-electron chi connectivity index (χ0n) is 23.7.